The van der Waals surface area contributed by atoms with Gasteiger partial charge in [0.25, 0.3) is 0 Å². The van der Waals surface area contributed by atoms with Crippen molar-refractivity contribution in [3.63, 3.8) is 0 Å². The Morgan fingerprint density at radius 1 is 1.10 bits per heavy atom. The van der Waals surface area contributed by atoms with E-state index in [0.717, 1.165) is 5.02 Å². The predicted molar refractivity (Wildman–Crippen MR) is 96.9 cm³/mol. The molecule has 0 fully saturated rings. The minimum absolute atomic E-state index is 0.854. The summed E-state index contributed by atoms with van der Waals surface area (Å²) in [4.78, 5) is 2.60. The number of halogens is 1. The number of thioether (sulfide) groups is 2. The third kappa shape index (κ3) is 7.66. The molecular formula is C17H25ClS2. The molecule has 0 unspecified atom stereocenters. The molecular weight excluding hydrogens is 304 g/mol. The summed E-state index contributed by atoms with van der Waals surface area (Å²) in [6, 6.07) is 8.10. The van der Waals surface area contributed by atoms with Gasteiger partial charge < -0.3 is 0 Å². The van der Waals surface area contributed by atoms with Gasteiger partial charge in [0.2, 0.25) is 0 Å². The lowest BCUT2D eigenvalue weighted by Gasteiger charge is -2.08. The number of hydrogen-bond donors (Lipinski definition) is 0. The van der Waals surface area contributed by atoms with Crippen molar-refractivity contribution in [1.82, 2.24) is 0 Å². The van der Waals surface area contributed by atoms with E-state index in [1.165, 1.54) is 54.7 Å². The van der Waals surface area contributed by atoms with Gasteiger partial charge in [0.15, 0.2) is 0 Å². The van der Waals surface area contributed by atoms with Gasteiger partial charge in [-0.1, -0.05) is 74.5 Å². The number of rotatable bonds is 10. The second kappa shape index (κ2) is 11.6. The second-order valence-corrected chi connectivity index (χ2v) is 7.15. The van der Waals surface area contributed by atoms with E-state index < -0.39 is 0 Å². The summed E-state index contributed by atoms with van der Waals surface area (Å²) in [6.45, 7) is 2.26. The minimum atomic E-state index is 0.854. The molecule has 0 saturated carbocycles. The molecule has 0 nitrogen and oxygen atoms in total. The Kier molecular flexibility index (Phi) is 10.4. The third-order valence-corrected chi connectivity index (χ3v) is 5.37. The van der Waals surface area contributed by atoms with Crippen LogP contribution in [0.4, 0.5) is 0 Å². The molecule has 0 N–H and O–H groups in total. The summed E-state index contributed by atoms with van der Waals surface area (Å²) in [6.07, 6.45) is 11.4. The molecule has 0 amide bonds. The van der Waals surface area contributed by atoms with Crippen molar-refractivity contribution in [3.05, 3.63) is 39.6 Å². The van der Waals surface area contributed by atoms with E-state index in [1.807, 2.05) is 23.9 Å². The summed E-state index contributed by atoms with van der Waals surface area (Å²) in [7, 11) is 0. The van der Waals surface area contributed by atoms with Gasteiger partial charge in [0.05, 0.1) is 5.02 Å². The average molecular weight is 329 g/mol. The van der Waals surface area contributed by atoms with Gasteiger partial charge in [-0.15, -0.1) is 11.8 Å². The molecule has 0 heterocycles. The molecule has 3 heteroatoms. The molecule has 1 aromatic carbocycles. The zero-order valence-electron chi connectivity index (χ0n) is 12.5. The van der Waals surface area contributed by atoms with E-state index in [1.54, 1.807) is 11.8 Å². The average Bonchev–Trinajstić information content (AvgIpc) is 2.45. The number of unbranched alkanes of at least 4 members (excludes halogenated alkanes) is 5. The maximum Gasteiger partial charge on any atom is 0.0545 e. The van der Waals surface area contributed by atoms with Crippen molar-refractivity contribution in [3.8, 4) is 0 Å². The molecule has 0 aliphatic carbocycles. The van der Waals surface area contributed by atoms with E-state index in [9.17, 15) is 0 Å². The fourth-order valence-electron chi connectivity index (χ4n) is 2.01. The van der Waals surface area contributed by atoms with E-state index in [0.29, 0.717) is 0 Å². The fraction of sp³-hybridized carbons (Fsp3) is 0.529. The highest BCUT2D eigenvalue weighted by Gasteiger charge is 2.04. The summed E-state index contributed by atoms with van der Waals surface area (Å²) in [5.41, 5.74) is 0. The normalized spacial score (nSPS) is 11.8. The zero-order chi connectivity index (χ0) is 14.6. The zero-order valence-corrected chi connectivity index (χ0v) is 14.9. The van der Waals surface area contributed by atoms with Crippen molar-refractivity contribution in [2.24, 2.45) is 0 Å². The molecule has 0 aliphatic heterocycles. The monoisotopic (exact) mass is 328 g/mol. The van der Waals surface area contributed by atoms with Gasteiger partial charge >= 0.3 is 0 Å². The SMILES string of the molecule is CCCCCCCC/C(=C/SC)Sc1ccccc1Cl. The lowest BCUT2D eigenvalue weighted by Crippen LogP contribution is -1.83. The van der Waals surface area contributed by atoms with Gasteiger partial charge in [0, 0.05) is 4.90 Å². The maximum atomic E-state index is 6.23. The van der Waals surface area contributed by atoms with E-state index >= 15 is 0 Å². The summed E-state index contributed by atoms with van der Waals surface area (Å²) < 4.78 is 0. The first-order valence-corrected chi connectivity index (χ1v) is 9.90. The van der Waals surface area contributed by atoms with Crippen LogP contribution in [0.1, 0.15) is 51.9 Å². The molecule has 0 aliphatic rings. The van der Waals surface area contributed by atoms with Crippen molar-refractivity contribution < 1.29 is 0 Å². The molecule has 1 aromatic rings. The number of benzene rings is 1. The number of hydrogen-bond acceptors (Lipinski definition) is 2. The van der Waals surface area contributed by atoms with Crippen LogP contribution in [0.3, 0.4) is 0 Å². The van der Waals surface area contributed by atoms with Crippen molar-refractivity contribution in [1.29, 1.82) is 0 Å². The molecule has 0 spiro atoms. The van der Waals surface area contributed by atoms with Crippen molar-refractivity contribution in [2.45, 2.75) is 56.8 Å². The van der Waals surface area contributed by atoms with Gasteiger partial charge in [-0.3, -0.25) is 0 Å². The number of allylic oxidation sites excluding steroid dienone is 1. The third-order valence-electron chi connectivity index (χ3n) is 3.10. The van der Waals surface area contributed by atoms with Crippen LogP contribution in [-0.2, 0) is 0 Å². The van der Waals surface area contributed by atoms with Crippen LogP contribution in [0.15, 0.2) is 39.5 Å². The van der Waals surface area contributed by atoms with Crippen LogP contribution in [-0.4, -0.2) is 6.26 Å². The lowest BCUT2D eigenvalue weighted by atomic mass is 10.1. The molecule has 0 bridgehead atoms. The van der Waals surface area contributed by atoms with Crippen LogP contribution in [0.2, 0.25) is 5.02 Å². The molecule has 1 rings (SSSR count). The highest BCUT2D eigenvalue weighted by atomic mass is 35.5. The molecule has 0 radical (unpaired) electrons. The van der Waals surface area contributed by atoms with Gasteiger partial charge in [-0.25, -0.2) is 0 Å². The fourth-order valence-corrected chi connectivity index (χ4v) is 3.97. The Bertz CT molecular complexity index is 402. The Morgan fingerprint density at radius 3 is 2.50 bits per heavy atom. The Morgan fingerprint density at radius 2 is 1.80 bits per heavy atom. The van der Waals surface area contributed by atoms with Crippen LogP contribution in [0.25, 0.3) is 0 Å². The molecule has 0 atom stereocenters. The molecule has 0 saturated heterocycles. The predicted octanol–water partition coefficient (Wildman–Crippen LogP) is 7.39. The highest BCUT2D eigenvalue weighted by Crippen LogP contribution is 2.35. The quantitative estimate of drug-likeness (QED) is 0.324. The smallest absolute Gasteiger partial charge is 0.0545 e. The maximum absolute atomic E-state index is 6.23. The van der Waals surface area contributed by atoms with E-state index in [-0.39, 0.29) is 0 Å². The summed E-state index contributed by atoms with van der Waals surface area (Å²) in [5, 5.41) is 3.12. The van der Waals surface area contributed by atoms with Crippen LogP contribution in [0.5, 0.6) is 0 Å². The Balaban J connectivity index is 2.38. The first kappa shape index (κ1) is 18.0. The van der Waals surface area contributed by atoms with Gasteiger partial charge in [-0.2, -0.15) is 0 Å². The largest absolute Gasteiger partial charge is 0.137 e. The summed E-state index contributed by atoms with van der Waals surface area (Å²) >= 11 is 9.83. The topological polar surface area (TPSA) is 0 Å². The van der Waals surface area contributed by atoms with Crippen molar-refractivity contribution >= 4 is 35.1 Å². The van der Waals surface area contributed by atoms with E-state index in [2.05, 4.69) is 30.7 Å². The minimum Gasteiger partial charge on any atom is -0.137 e. The summed E-state index contributed by atoms with van der Waals surface area (Å²) in [5.74, 6) is 0. The van der Waals surface area contributed by atoms with Crippen LogP contribution >= 0.6 is 35.1 Å². The molecule has 20 heavy (non-hydrogen) atoms. The highest BCUT2D eigenvalue weighted by molar-refractivity contribution is 8.06. The molecule has 0 aromatic heterocycles. The van der Waals surface area contributed by atoms with Crippen LogP contribution < -0.4 is 0 Å². The second-order valence-electron chi connectivity index (χ2n) is 4.87. The Hall–Kier alpha value is -0.0500. The van der Waals surface area contributed by atoms with E-state index in [4.69, 9.17) is 11.6 Å². The van der Waals surface area contributed by atoms with Crippen LogP contribution in [0, 0.1) is 0 Å². The Labute approximate surface area is 137 Å². The van der Waals surface area contributed by atoms with Gasteiger partial charge in [-0.05, 0) is 41.5 Å². The van der Waals surface area contributed by atoms with Crippen molar-refractivity contribution in [2.75, 3.05) is 6.26 Å². The molecule has 112 valence electrons. The first-order chi connectivity index (χ1) is 9.77. The standard InChI is InChI=1S/C17H25ClS2/c1-3-4-5-6-7-8-11-15(14-19-2)20-17-13-10-9-12-16(17)18/h9-10,12-14H,3-8,11H2,1-2H3/b15-14-. The first-order valence-electron chi connectivity index (χ1n) is 7.42. The lowest BCUT2D eigenvalue weighted by molar-refractivity contribution is 0.610. The van der Waals surface area contributed by atoms with Gasteiger partial charge in [0.1, 0.15) is 0 Å².